The molecule has 0 aromatic carbocycles. The fraction of sp³-hybridized carbons (Fsp3) is 0.571. The number of aromatic nitrogens is 2. The molecule has 0 bridgehead atoms. The van der Waals surface area contributed by atoms with Gasteiger partial charge in [0.15, 0.2) is 0 Å². The van der Waals surface area contributed by atoms with Crippen molar-refractivity contribution in [2.75, 3.05) is 0 Å². The largest absolute Gasteiger partial charge is 0.298 e. The zero-order chi connectivity index (χ0) is 8.27. The highest BCUT2D eigenvalue weighted by molar-refractivity contribution is 4.97. The summed E-state index contributed by atoms with van der Waals surface area (Å²) in [5.74, 6) is 4.90. The van der Waals surface area contributed by atoms with Crippen molar-refractivity contribution in [3.63, 3.8) is 0 Å². The fourth-order valence-electron chi connectivity index (χ4n) is 0.827. The van der Waals surface area contributed by atoms with E-state index in [4.69, 9.17) is 5.90 Å². The van der Waals surface area contributed by atoms with Crippen molar-refractivity contribution in [3.8, 4) is 0 Å². The number of rotatable bonds is 3. The average Bonchev–Trinajstić information content (AvgIpc) is 2.37. The molecule has 0 amide bonds. The molecule has 1 rings (SSSR count). The van der Waals surface area contributed by atoms with E-state index >= 15 is 0 Å². The number of hydrogen-bond donors (Lipinski definition) is 1. The molecule has 0 unspecified atom stereocenters. The molecule has 4 nitrogen and oxygen atoms in total. The molecule has 0 saturated heterocycles. The first-order valence-corrected chi connectivity index (χ1v) is 3.59. The lowest BCUT2D eigenvalue weighted by Gasteiger charge is -2.03. The third-order valence-electron chi connectivity index (χ3n) is 1.42. The van der Waals surface area contributed by atoms with Gasteiger partial charge in [0, 0.05) is 12.2 Å². The van der Waals surface area contributed by atoms with Gasteiger partial charge >= 0.3 is 0 Å². The lowest BCUT2D eigenvalue weighted by molar-refractivity contribution is 0.120. The van der Waals surface area contributed by atoms with Crippen molar-refractivity contribution in [2.45, 2.75) is 26.5 Å². The Kier molecular flexibility index (Phi) is 2.62. The van der Waals surface area contributed by atoms with Crippen molar-refractivity contribution >= 4 is 0 Å². The second-order valence-electron chi connectivity index (χ2n) is 2.69. The number of hydrogen-bond acceptors (Lipinski definition) is 3. The maximum Gasteiger partial charge on any atom is 0.112 e. The van der Waals surface area contributed by atoms with Gasteiger partial charge < -0.3 is 0 Å². The van der Waals surface area contributed by atoms with E-state index in [9.17, 15) is 0 Å². The number of nitrogens with two attached hydrogens (primary N) is 1. The zero-order valence-corrected chi connectivity index (χ0v) is 6.82. The number of nitrogens with zero attached hydrogens (tertiary/aromatic N) is 2. The minimum Gasteiger partial charge on any atom is -0.298 e. The summed E-state index contributed by atoms with van der Waals surface area (Å²) in [4.78, 5) is 4.45. The van der Waals surface area contributed by atoms with Crippen LogP contribution in [0.4, 0.5) is 0 Å². The highest BCUT2D eigenvalue weighted by Gasteiger charge is 2.00. The lowest BCUT2D eigenvalue weighted by Crippen LogP contribution is -2.04. The molecular weight excluding hydrogens is 142 g/mol. The summed E-state index contributed by atoms with van der Waals surface area (Å²) in [6.07, 6.45) is 1.92. The molecule has 0 aliphatic heterocycles. The van der Waals surface area contributed by atoms with Gasteiger partial charge in [-0.15, -0.1) is 0 Å². The van der Waals surface area contributed by atoms with Crippen LogP contribution in [-0.2, 0) is 11.4 Å². The summed E-state index contributed by atoms with van der Waals surface area (Å²) in [5, 5.41) is 4.21. The van der Waals surface area contributed by atoms with Crippen molar-refractivity contribution in [3.05, 3.63) is 18.0 Å². The molecule has 4 heteroatoms. The minimum atomic E-state index is 0.375. The Morgan fingerprint density at radius 1 is 1.73 bits per heavy atom. The Morgan fingerprint density at radius 3 is 2.91 bits per heavy atom. The summed E-state index contributed by atoms with van der Waals surface area (Å²) < 4.78 is 1.87. The van der Waals surface area contributed by atoms with Crippen LogP contribution in [0.3, 0.4) is 0 Å². The van der Waals surface area contributed by atoms with Gasteiger partial charge in [0.25, 0.3) is 0 Å². The molecule has 0 radical (unpaired) electrons. The highest BCUT2D eigenvalue weighted by atomic mass is 16.6. The standard InChI is InChI=1S/C7H13N3O/c1-6(2)10-4-3-7(9-10)5-11-8/h3-4,6H,5,8H2,1-2H3. The molecule has 11 heavy (non-hydrogen) atoms. The Bertz CT molecular complexity index is 219. The van der Waals surface area contributed by atoms with E-state index in [-0.39, 0.29) is 0 Å². The zero-order valence-electron chi connectivity index (χ0n) is 6.82. The van der Waals surface area contributed by atoms with Crippen LogP contribution in [0.15, 0.2) is 12.3 Å². The van der Waals surface area contributed by atoms with Gasteiger partial charge in [0.05, 0.1) is 5.69 Å². The van der Waals surface area contributed by atoms with E-state index in [1.165, 1.54) is 0 Å². The van der Waals surface area contributed by atoms with Gasteiger partial charge in [-0.2, -0.15) is 5.10 Å². The Labute approximate surface area is 65.9 Å². The highest BCUT2D eigenvalue weighted by Crippen LogP contribution is 2.03. The van der Waals surface area contributed by atoms with Crippen LogP contribution in [-0.4, -0.2) is 9.78 Å². The van der Waals surface area contributed by atoms with E-state index in [1.54, 1.807) is 0 Å². The first-order valence-electron chi connectivity index (χ1n) is 3.59. The predicted octanol–water partition coefficient (Wildman–Crippen LogP) is 0.854. The van der Waals surface area contributed by atoms with Gasteiger partial charge in [-0.3, -0.25) is 9.52 Å². The smallest absolute Gasteiger partial charge is 0.112 e. The second-order valence-corrected chi connectivity index (χ2v) is 2.69. The first-order chi connectivity index (χ1) is 5.24. The van der Waals surface area contributed by atoms with E-state index in [0.29, 0.717) is 12.6 Å². The van der Waals surface area contributed by atoms with Gasteiger partial charge in [-0.05, 0) is 19.9 Å². The summed E-state index contributed by atoms with van der Waals surface area (Å²) >= 11 is 0. The first kappa shape index (κ1) is 8.23. The minimum absolute atomic E-state index is 0.375. The van der Waals surface area contributed by atoms with Gasteiger partial charge in [-0.1, -0.05) is 0 Å². The fourth-order valence-corrected chi connectivity index (χ4v) is 0.827. The molecule has 2 N–H and O–H groups in total. The predicted molar refractivity (Wildman–Crippen MR) is 41.6 cm³/mol. The molecule has 0 atom stereocenters. The van der Waals surface area contributed by atoms with Crippen LogP contribution < -0.4 is 5.90 Å². The van der Waals surface area contributed by atoms with Gasteiger partial charge in [0.2, 0.25) is 0 Å². The van der Waals surface area contributed by atoms with Gasteiger partial charge in [-0.25, -0.2) is 5.90 Å². The van der Waals surface area contributed by atoms with Crippen molar-refractivity contribution in [2.24, 2.45) is 5.90 Å². The molecule has 1 aromatic heterocycles. The van der Waals surface area contributed by atoms with Crippen LogP contribution in [0.25, 0.3) is 0 Å². The summed E-state index contributed by atoms with van der Waals surface area (Å²) in [6, 6.07) is 2.29. The topological polar surface area (TPSA) is 53.1 Å². The summed E-state index contributed by atoms with van der Waals surface area (Å²) in [6.45, 7) is 4.51. The van der Waals surface area contributed by atoms with Crippen LogP contribution in [0.2, 0.25) is 0 Å². The molecule has 0 saturated carbocycles. The SMILES string of the molecule is CC(C)n1ccc(CON)n1. The third kappa shape index (κ3) is 2.03. The van der Waals surface area contributed by atoms with Crippen LogP contribution in [0, 0.1) is 0 Å². The Balaban J connectivity index is 2.66. The maximum atomic E-state index is 4.90. The van der Waals surface area contributed by atoms with Gasteiger partial charge in [0.1, 0.15) is 6.61 Å². The second kappa shape index (κ2) is 3.50. The maximum absolute atomic E-state index is 4.90. The summed E-state index contributed by atoms with van der Waals surface area (Å²) in [7, 11) is 0. The van der Waals surface area contributed by atoms with Crippen molar-refractivity contribution in [1.82, 2.24) is 9.78 Å². The normalized spacial score (nSPS) is 10.9. The van der Waals surface area contributed by atoms with Crippen LogP contribution in [0.1, 0.15) is 25.6 Å². The van der Waals surface area contributed by atoms with E-state index in [1.807, 2.05) is 16.9 Å². The molecule has 0 fully saturated rings. The lowest BCUT2D eigenvalue weighted by atomic mass is 10.4. The summed E-state index contributed by atoms with van der Waals surface area (Å²) in [5.41, 5.74) is 0.862. The van der Waals surface area contributed by atoms with E-state index < -0.39 is 0 Å². The van der Waals surface area contributed by atoms with E-state index in [0.717, 1.165) is 5.69 Å². The average molecular weight is 155 g/mol. The molecule has 1 heterocycles. The third-order valence-corrected chi connectivity index (χ3v) is 1.42. The Morgan fingerprint density at radius 2 is 2.45 bits per heavy atom. The Hall–Kier alpha value is -0.870. The molecule has 0 spiro atoms. The molecule has 1 aromatic rings. The van der Waals surface area contributed by atoms with E-state index in [2.05, 4.69) is 23.8 Å². The molecule has 62 valence electrons. The molecule has 0 aliphatic rings. The van der Waals surface area contributed by atoms with Crippen molar-refractivity contribution in [1.29, 1.82) is 0 Å². The van der Waals surface area contributed by atoms with Crippen LogP contribution in [0.5, 0.6) is 0 Å². The molecular formula is C7H13N3O. The molecule has 0 aliphatic carbocycles. The van der Waals surface area contributed by atoms with Crippen LogP contribution >= 0.6 is 0 Å². The monoisotopic (exact) mass is 155 g/mol. The van der Waals surface area contributed by atoms with Crippen molar-refractivity contribution < 1.29 is 4.84 Å². The quantitative estimate of drug-likeness (QED) is 0.658.